The lowest BCUT2D eigenvalue weighted by atomic mass is 10.8. The Morgan fingerprint density at radius 2 is 2.11 bits per heavy atom. The lowest BCUT2D eigenvalue weighted by Gasteiger charge is -2.04. The standard InChI is InChI=1S/C5H9NOS2/c1-8-5(9-2)3-6-4-7/h5H,3H2,1-2H3. The summed E-state index contributed by atoms with van der Waals surface area (Å²) in [5, 5.41) is 0. The molecule has 0 saturated heterocycles. The molecule has 0 spiro atoms. The van der Waals surface area contributed by atoms with Crippen molar-refractivity contribution in [2.75, 3.05) is 19.1 Å². The summed E-state index contributed by atoms with van der Waals surface area (Å²) < 4.78 is 0.409. The summed E-state index contributed by atoms with van der Waals surface area (Å²) in [4.78, 5) is 13.1. The minimum absolute atomic E-state index is 0.409. The third-order valence-corrected chi connectivity index (χ3v) is 3.34. The zero-order valence-corrected chi connectivity index (χ0v) is 7.09. The van der Waals surface area contributed by atoms with E-state index in [1.165, 1.54) is 6.08 Å². The maximum absolute atomic E-state index is 9.63. The quantitative estimate of drug-likeness (QED) is 0.356. The molecule has 0 atom stereocenters. The van der Waals surface area contributed by atoms with E-state index in [-0.39, 0.29) is 0 Å². The van der Waals surface area contributed by atoms with Crippen molar-refractivity contribution in [3.05, 3.63) is 0 Å². The van der Waals surface area contributed by atoms with Crippen molar-refractivity contribution in [1.82, 2.24) is 0 Å². The Morgan fingerprint density at radius 3 is 2.44 bits per heavy atom. The Balaban J connectivity index is 3.42. The molecular weight excluding hydrogens is 154 g/mol. The van der Waals surface area contributed by atoms with Crippen LogP contribution in [0.3, 0.4) is 0 Å². The average Bonchev–Trinajstić information content (AvgIpc) is 1.91. The van der Waals surface area contributed by atoms with Crippen LogP contribution in [0.2, 0.25) is 0 Å². The molecule has 0 aliphatic rings. The van der Waals surface area contributed by atoms with E-state index < -0.39 is 0 Å². The van der Waals surface area contributed by atoms with Crippen LogP contribution in [-0.4, -0.2) is 29.7 Å². The van der Waals surface area contributed by atoms with Gasteiger partial charge >= 0.3 is 0 Å². The highest BCUT2D eigenvalue weighted by molar-refractivity contribution is 8.16. The fourth-order valence-electron chi connectivity index (χ4n) is 0.357. The number of thioether (sulfide) groups is 2. The van der Waals surface area contributed by atoms with Gasteiger partial charge in [0.1, 0.15) is 0 Å². The molecule has 0 rings (SSSR count). The average molecular weight is 163 g/mol. The van der Waals surface area contributed by atoms with Gasteiger partial charge in [0.2, 0.25) is 6.08 Å². The highest BCUT2D eigenvalue weighted by atomic mass is 32.2. The summed E-state index contributed by atoms with van der Waals surface area (Å²) in [5.74, 6) is 0. The molecule has 0 heterocycles. The first-order chi connectivity index (χ1) is 4.35. The molecule has 9 heavy (non-hydrogen) atoms. The fourth-order valence-corrected chi connectivity index (χ4v) is 1.57. The maximum Gasteiger partial charge on any atom is 0.235 e. The van der Waals surface area contributed by atoms with Gasteiger partial charge in [0.15, 0.2) is 0 Å². The number of carbonyl (C=O) groups excluding carboxylic acids is 1. The zero-order chi connectivity index (χ0) is 7.11. The number of nitrogens with zero attached hydrogens (tertiary/aromatic N) is 1. The molecule has 52 valence electrons. The molecule has 0 aromatic heterocycles. The van der Waals surface area contributed by atoms with E-state index >= 15 is 0 Å². The number of isocyanates is 1. The van der Waals surface area contributed by atoms with Crippen LogP contribution >= 0.6 is 23.5 Å². The molecule has 0 radical (unpaired) electrons. The van der Waals surface area contributed by atoms with Crippen molar-refractivity contribution in [3.8, 4) is 0 Å². The van der Waals surface area contributed by atoms with Gasteiger partial charge in [0.05, 0.1) is 11.1 Å². The first-order valence-electron chi connectivity index (χ1n) is 2.44. The first-order valence-corrected chi connectivity index (χ1v) is 5.02. The SMILES string of the molecule is CSC(CN=C=O)SC. The molecule has 0 aliphatic carbocycles. The molecule has 0 aromatic rings. The molecule has 0 bridgehead atoms. The van der Waals surface area contributed by atoms with Gasteiger partial charge in [-0.25, -0.2) is 9.79 Å². The van der Waals surface area contributed by atoms with Crippen molar-refractivity contribution in [3.63, 3.8) is 0 Å². The molecule has 4 heteroatoms. The molecule has 2 nitrogen and oxygen atoms in total. The van der Waals surface area contributed by atoms with Gasteiger partial charge in [-0.05, 0) is 12.5 Å². The highest BCUT2D eigenvalue weighted by Gasteiger charge is 2.00. The lowest BCUT2D eigenvalue weighted by molar-refractivity contribution is 0.563. The summed E-state index contributed by atoms with van der Waals surface area (Å²) >= 11 is 3.40. The molecule has 0 N–H and O–H groups in total. The molecule has 0 aromatic carbocycles. The summed E-state index contributed by atoms with van der Waals surface area (Å²) in [5.41, 5.74) is 0. The molecule has 0 amide bonds. The van der Waals surface area contributed by atoms with Gasteiger partial charge < -0.3 is 0 Å². The van der Waals surface area contributed by atoms with Crippen LogP contribution in [0.1, 0.15) is 0 Å². The molecule has 0 fully saturated rings. The van der Waals surface area contributed by atoms with Gasteiger partial charge in [-0.15, -0.1) is 23.5 Å². The van der Waals surface area contributed by atoms with E-state index in [0.29, 0.717) is 11.1 Å². The minimum atomic E-state index is 0.409. The second kappa shape index (κ2) is 6.20. The third kappa shape index (κ3) is 4.58. The van der Waals surface area contributed by atoms with Crippen LogP contribution in [0.5, 0.6) is 0 Å². The number of rotatable bonds is 4. The first kappa shape index (κ1) is 9.08. The largest absolute Gasteiger partial charge is 0.235 e. The van der Waals surface area contributed by atoms with Gasteiger partial charge in [-0.1, -0.05) is 0 Å². The van der Waals surface area contributed by atoms with Crippen LogP contribution in [0.25, 0.3) is 0 Å². The van der Waals surface area contributed by atoms with Crippen LogP contribution in [0.15, 0.2) is 4.99 Å². The van der Waals surface area contributed by atoms with Crippen LogP contribution in [0, 0.1) is 0 Å². The number of hydrogen-bond donors (Lipinski definition) is 0. The van der Waals surface area contributed by atoms with Crippen LogP contribution < -0.4 is 0 Å². The second-order valence-electron chi connectivity index (χ2n) is 1.33. The minimum Gasteiger partial charge on any atom is -0.211 e. The van der Waals surface area contributed by atoms with Gasteiger partial charge in [0.25, 0.3) is 0 Å². The monoisotopic (exact) mass is 163 g/mol. The predicted octanol–water partition coefficient (Wildman–Crippen LogP) is 1.37. The van der Waals surface area contributed by atoms with Crippen molar-refractivity contribution >= 4 is 29.6 Å². The summed E-state index contributed by atoms with van der Waals surface area (Å²) in [7, 11) is 0. The van der Waals surface area contributed by atoms with E-state index in [2.05, 4.69) is 4.99 Å². The van der Waals surface area contributed by atoms with E-state index in [4.69, 9.17) is 0 Å². The van der Waals surface area contributed by atoms with Gasteiger partial charge in [0, 0.05) is 0 Å². The van der Waals surface area contributed by atoms with Gasteiger partial charge in [-0.3, -0.25) is 0 Å². The second-order valence-corrected chi connectivity index (χ2v) is 3.71. The molecule has 0 saturated carbocycles. The van der Waals surface area contributed by atoms with E-state index in [9.17, 15) is 4.79 Å². The Bertz CT molecular complexity index is 108. The van der Waals surface area contributed by atoms with Crippen molar-refractivity contribution in [2.45, 2.75) is 4.58 Å². The fraction of sp³-hybridized carbons (Fsp3) is 0.800. The van der Waals surface area contributed by atoms with E-state index in [0.717, 1.165) is 0 Å². The van der Waals surface area contributed by atoms with Crippen LogP contribution in [-0.2, 0) is 4.79 Å². The Kier molecular flexibility index (Phi) is 6.26. The molecule has 0 unspecified atom stereocenters. The van der Waals surface area contributed by atoms with Crippen LogP contribution in [0.4, 0.5) is 0 Å². The maximum atomic E-state index is 9.63. The van der Waals surface area contributed by atoms with Crippen molar-refractivity contribution in [2.24, 2.45) is 4.99 Å². The number of hydrogen-bond acceptors (Lipinski definition) is 4. The third-order valence-electron chi connectivity index (χ3n) is 0.831. The Morgan fingerprint density at radius 1 is 1.56 bits per heavy atom. The van der Waals surface area contributed by atoms with E-state index in [1.807, 2.05) is 12.5 Å². The highest BCUT2D eigenvalue weighted by Crippen LogP contribution is 2.17. The normalized spacial score (nSPS) is 9.22. The van der Waals surface area contributed by atoms with E-state index in [1.54, 1.807) is 23.5 Å². The predicted molar refractivity (Wildman–Crippen MR) is 43.8 cm³/mol. The summed E-state index contributed by atoms with van der Waals surface area (Å²) in [6, 6.07) is 0. The van der Waals surface area contributed by atoms with Crippen molar-refractivity contribution < 1.29 is 4.79 Å². The molecular formula is C5H9NOS2. The van der Waals surface area contributed by atoms with Gasteiger partial charge in [-0.2, -0.15) is 0 Å². The Hall–Kier alpha value is 0.0800. The summed E-state index contributed by atoms with van der Waals surface area (Å²) in [6.07, 6.45) is 5.52. The Labute approximate surface area is 63.5 Å². The smallest absolute Gasteiger partial charge is 0.211 e. The number of aliphatic imine (C=N–C) groups is 1. The topological polar surface area (TPSA) is 29.4 Å². The zero-order valence-electron chi connectivity index (χ0n) is 5.46. The van der Waals surface area contributed by atoms with Crippen molar-refractivity contribution in [1.29, 1.82) is 0 Å². The lowest BCUT2D eigenvalue weighted by Crippen LogP contribution is -1.98. The summed E-state index contributed by atoms with van der Waals surface area (Å²) in [6.45, 7) is 0.575. The molecule has 0 aliphatic heterocycles.